The molecule has 1 aromatic heterocycles. The largest absolute Gasteiger partial charge is 0.467 e. The van der Waals surface area contributed by atoms with E-state index in [1.807, 2.05) is 5.32 Å². The van der Waals surface area contributed by atoms with E-state index in [0.29, 0.717) is 0 Å². The van der Waals surface area contributed by atoms with Gasteiger partial charge in [0, 0.05) is 0 Å². The van der Waals surface area contributed by atoms with Crippen molar-refractivity contribution in [2.24, 2.45) is 0 Å². The Morgan fingerprint density at radius 3 is 2.45 bits per heavy atom. The van der Waals surface area contributed by atoms with E-state index >= 15 is 0 Å². The first kappa shape index (κ1) is 17.9. The minimum Gasteiger partial charge on any atom is -0.467 e. The lowest BCUT2D eigenvalue weighted by atomic mass is 10.1. The lowest BCUT2D eigenvalue weighted by molar-refractivity contribution is -0.176. The number of halogens is 2. The van der Waals surface area contributed by atoms with Gasteiger partial charge in [0.1, 0.15) is 11.4 Å². The Hall–Kier alpha value is -2.12. The summed E-state index contributed by atoms with van der Waals surface area (Å²) in [5, 5.41) is 1.95. The summed E-state index contributed by atoms with van der Waals surface area (Å²) in [4.78, 5) is 23.2. The first-order valence-corrected chi connectivity index (χ1v) is 6.66. The van der Waals surface area contributed by atoms with Crippen molar-refractivity contribution in [3.05, 3.63) is 24.2 Å². The van der Waals surface area contributed by atoms with Crippen LogP contribution in [0.25, 0.3) is 0 Å². The van der Waals surface area contributed by atoms with Gasteiger partial charge in [-0.3, -0.25) is 0 Å². The van der Waals surface area contributed by atoms with Gasteiger partial charge >= 0.3 is 18.0 Å². The van der Waals surface area contributed by atoms with Gasteiger partial charge in [-0.1, -0.05) is 0 Å². The van der Waals surface area contributed by atoms with E-state index in [0.717, 1.165) is 6.26 Å². The van der Waals surface area contributed by atoms with Crippen LogP contribution >= 0.6 is 0 Å². The lowest BCUT2D eigenvalue weighted by Gasteiger charge is -2.26. The van der Waals surface area contributed by atoms with Gasteiger partial charge < -0.3 is 19.2 Å². The molecule has 1 N–H and O–H groups in total. The molecule has 1 rings (SSSR count). The van der Waals surface area contributed by atoms with Gasteiger partial charge in [0.25, 0.3) is 0 Å². The molecule has 124 valence electrons. The molecular weight excluding hydrogens is 300 g/mol. The van der Waals surface area contributed by atoms with Gasteiger partial charge in [0.15, 0.2) is 6.04 Å². The summed E-state index contributed by atoms with van der Waals surface area (Å²) in [6.45, 7) is 5.93. The zero-order valence-corrected chi connectivity index (χ0v) is 12.8. The molecule has 22 heavy (non-hydrogen) atoms. The second-order valence-electron chi connectivity index (χ2n) is 5.44. The van der Waals surface area contributed by atoms with Gasteiger partial charge in [-0.2, -0.15) is 8.78 Å². The van der Waals surface area contributed by atoms with Crippen molar-refractivity contribution in [2.75, 3.05) is 6.61 Å². The Morgan fingerprint density at radius 1 is 1.36 bits per heavy atom. The highest BCUT2D eigenvalue weighted by molar-refractivity contribution is 5.80. The van der Waals surface area contributed by atoms with Crippen LogP contribution in [0.3, 0.4) is 0 Å². The normalized spacial score (nSPS) is 13.4. The molecule has 1 heterocycles. The monoisotopic (exact) mass is 319 g/mol. The van der Waals surface area contributed by atoms with Gasteiger partial charge in [0.05, 0.1) is 12.9 Å². The fourth-order valence-corrected chi connectivity index (χ4v) is 1.57. The molecule has 0 aliphatic rings. The molecule has 1 atom stereocenters. The highest BCUT2D eigenvalue weighted by Crippen LogP contribution is 2.33. The number of furan rings is 1. The maximum absolute atomic E-state index is 14.2. The van der Waals surface area contributed by atoms with Gasteiger partial charge in [-0.05, 0) is 39.8 Å². The Morgan fingerprint density at radius 2 is 2.00 bits per heavy atom. The van der Waals surface area contributed by atoms with E-state index in [4.69, 9.17) is 9.15 Å². The van der Waals surface area contributed by atoms with Crippen LogP contribution in [0.15, 0.2) is 22.8 Å². The molecule has 0 aromatic carbocycles. The van der Waals surface area contributed by atoms with Crippen LogP contribution in [0.2, 0.25) is 0 Å². The molecule has 8 heteroatoms. The van der Waals surface area contributed by atoms with Crippen molar-refractivity contribution in [2.45, 2.75) is 45.3 Å². The minimum absolute atomic E-state index is 0.217. The van der Waals surface area contributed by atoms with Gasteiger partial charge in [-0.25, -0.2) is 9.59 Å². The van der Waals surface area contributed by atoms with Crippen molar-refractivity contribution in [3.63, 3.8) is 0 Å². The zero-order valence-electron chi connectivity index (χ0n) is 12.8. The summed E-state index contributed by atoms with van der Waals surface area (Å²) in [5.74, 6) is -6.05. The summed E-state index contributed by atoms with van der Waals surface area (Å²) in [6, 6.07) is 0.548. The second kappa shape index (κ2) is 6.76. The quantitative estimate of drug-likeness (QED) is 0.844. The van der Waals surface area contributed by atoms with Crippen LogP contribution < -0.4 is 5.32 Å². The smallest absolute Gasteiger partial charge is 0.408 e. The van der Waals surface area contributed by atoms with E-state index in [9.17, 15) is 18.4 Å². The summed E-state index contributed by atoms with van der Waals surface area (Å²) in [7, 11) is 0. The van der Waals surface area contributed by atoms with Crippen LogP contribution in [0.1, 0.15) is 39.5 Å². The molecule has 0 aliphatic carbocycles. The molecule has 0 aliphatic heterocycles. The number of esters is 1. The van der Waals surface area contributed by atoms with Crippen molar-refractivity contribution >= 4 is 12.1 Å². The van der Waals surface area contributed by atoms with Crippen LogP contribution in [0.4, 0.5) is 13.6 Å². The van der Waals surface area contributed by atoms with Gasteiger partial charge in [-0.15, -0.1) is 0 Å². The Labute approximate surface area is 126 Å². The molecule has 1 aromatic rings. The number of amides is 1. The van der Waals surface area contributed by atoms with Gasteiger partial charge in [0.2, 0.25) is 0 Å². The number of ether oxygens (including phenoxy) is 2. The van der Waals surface area contributed by atoms with E-state index in [-0.39, 0.29) is 12.4 Å². The van der Waals surface area contributed by atoms with Crippen molar-refractivity contribution in [1.29, 1.82) is 0 Å². The van der Waals surface area contributed by atoms with Crippen LogP contribution in [-0.2, 0) is 14.3 Å². The fourth-order valence-electron chi connectivity index (χ4n) is 1.57. The van der Waals surface area contributed by atoms with Crippen molar-refractivity contribution in [1.82, 2.24) is 5.32 Å². The molecular formula is C14H19F2NO5. The maximum atomic E-state index is 14.2. The molecule has 0 spiro atoms. The van der Waals surface area contributed by atoms with Crippen LogP contribution in [0.5, 0.6) is 0 Å². The molecule has 0 radical (unpaired) electrons. The highest BCUT2D eigenvalue weighted by Gasteiger charge is 2.52. The molecule has 1 amide bonds. The van der Waals surface area contributed by atoms with Crippen LogP contribution in [-0.4, -0.2) is 30.2 Å². The summed E-state index contributed by atoms with van der Waals surface area (Å²) < 4.78 is 42.6. The minimum atomic E-state index is -4.01. The molecule has 0 fully saturated rings. The maximum Gasteiger partial charge on any atom is 0.408 e. The van der Waals surface area contributed by atoms with E-state index in [1.165, 1.54) is 19.1 Å². The molecule has 6 nitrogen and oxygen atoms in total. The molecule has 0 saturated heterocycles. The van der Waals surface area contributed by atoms with Crippen molar-refractivity contribution < 1.29 is 32.3 Å². The third kappa shape index (κ3) is 4.71. The molecule has 0 bridgehead atoms. The first-order valence-electron chi connectivity index (χ1n) is 6.66. The fraction of sp³-hybridized carbons (Fsp3) is 0.571. The lowest BCUT2D eigenvalue weighted by Crippen LogP contribution is -2.47. The predicted octanol–water partition coefficient (Wildman–Crippen LogP) is 3.04. The standard InChI is InChI=1S/C14H19F2NO5/c1-5-20-11(18)14(15,16)10(9-7-6-8-21-9)17-12(19)22-13(2,3)4/h6-8,10H,5H2,1-4H3,(H,17,19). The van der Waals surface area contributed by atoms with Crippen LogP contribution in [0, 0.1) is 0 Å². The summed E-state index contributed by atoms with van der Waals surface area (Å²) in [6.07, 6.45) is 0.0539. The highest BCUT2D eigenvalue weighted by atomic mass is 19.3. The number of nitrogens with one attached hydrogen (secondary N) is 1. The Kier molecular flexibility index (Phi) is 5.51. The number of hydrogen-bond acceptors (Lipinski definition) is 5. The Balaban J connectivity index is 3.00. The molecule has 0 saturated carbocycles. The van der Waals surface area contributed by atoms with E-state index < -0.39 is 29.6 Å². The first-order chi connectivity index (χ1) is 10.1. The summed E-state index contributed by atoms with van der Waals surface area (Å²) in [5.41, 5.74) is -0.878. The number of rotatable bonds is 5. The second-order valence-corrected chi connectivity index (χ2v) is 5.44. The number of carbonyl (C=O) groups is 2. The average Bonchev–Trinajstić information content (AvgIpc) is 2.87. The average molecular weight is 319 g/mol. The number of hydrogen-bond donors (Lipinski definition) is 1. The van der Waals surface area contributed by atoms with E-state index in [2.05, 4.69) is 4.74 Å². The SMILES string of the molecule is CCOC(=O)C(F)(F)C(NC(=O)OC(C)(C)C)c1ccco1. The van der Waals surface area contributed by atoms with E-state index in [1.54, 1.807) is 20.8 Å². The number of carbonyl (C=O) groups excluding carboxylic acids is 2. The third-order valence-corrected chi connectivity index (χ3v) is 2.40. The number of alkyl halides is 2. The zero-order chi connectivity index (χ0) is 17.0. The topological polar surface area (TPSA) is 77.8 Å². The predicted molar refractivity (Wildman–Crippen MR) is 72.4 cm³/mol. The third-order valence-electron chi connectivity index (χ3n) is 2.40. The Bertz CT molecular complexity index is 508. The molecule has 1 unspecified atom stereocenters. The van der Waals surface area contributed by atoms with Crippen molar-refractivity contribution in [3.8, 4) is 0 Å². The number of alkyl carbamates (subject to hydrolysis) is 1. The summed E-state index contributed by atoms with van der Waals surface area (Å²) >= 11 is 0.